The quantitative estimate of drug-likeness (QED) is 0.470. The molecule has 0 bridgehead atoms. The summed E-state index contributed by atoms with van der Waals surface area (Å²) in [4.78, 5) is 22.5. The van der Waals surface area contributed by atoms with Crippen LogP contribution in [0.4, 0.5) is 11.4 Å². The van der Waals surface area contributed by atoms with Crippen molar-refractivity contribution in [3.05, 3.63) is 63.7 Å². The lowest BCUT2D eigenvalue weighted by Crippen LogP contribution is -2.34. The zero-order valence-electron chi connectivity index (χ0n) is 14.6. The maximum Gasteiger partial charge on any atom is 0.269 e. The highest BCUT2D eigenvalue weighted by Crippen LogP contribution is 2.21. The molecule has 7 nitrogen and oxygen atoms in total. The van der Waals surface area contributed by atoms with E-state index in [0.717, 1.165) is 0 Å². The van der Waals surface area contributed by atoms with Gasteiger partial charge in [0.05, 0.1) is 11.0 Å². The van der Waals surface area contributed by atoms with Crippen molar-refractivity contribution >= 4 is 34.6 Å². The predicted octanol–water partition coefficient (Wildman–Crippen LogP) is 3.82. The molecule has 0 saturated carbocycles. The number of nitrogens with zero attached hydrogens (tertiary/aromatic N) is 1. The van der Waals surface area contributed by atoms with Crippen LogP contribution < -0.4 is 15.4 Å². The van der Waals surface area contributed by atoms with Gasteiger partial charge in [0.2, 0.25) is 0 Å². The number of nitrogens with one attached hydrogen (secondary N) is 2. The van der Waals surface area contributed by atoms with E-state index in [4.69, 9.17) is 17.0 Å². The first-order chi connectivity index (χ1) is 12.3. The number of hydrogen-bond donors (Lipinski definition) is 2. The van der Waals surface area contributed by atoms with Crippen molar-refractivity contribution in [1.29, 1.82) is 0 Å². The topological polar surface area (TPSA) is 93.5 Å². The zero-order chi connectivity index (χ0) is 19.3. The average Bonchev–Trinajstić information content (AvgIpc) is 2.56. The van der Waals surface area contributed by atoms with Gasteiger partial charge in [0.1, 0.15) is 5.75 Å². The molecule has 2 rings (SSSR count). The molecule has 0 radical (unpaired) electrons. The fourth-order valence-corrected chi connectivity index (χ4v) is 2.39. The van der Waals surface area contributed by atoms with Crippen LogP contribution in [0.1, 0.15) is 29.8 Å². The molecule has 2 N–H and O–H groups in total. The van der Waals surface area contributed by atoms with Crippen LogP contribution in [-0.2, 0) is 0 Å². The smallest absolute Gasteiger partial charge is 0.269 e. The minimum absolute atomic E-state index is 0.00768. The normalized spacial score (nSPS) is 10.3. The van der Waals surface area contributed by atoms with Crippen molar-refractivity contribution in [2.24, 2.45) is 0 Å². The third-order valence-corrected chi connectivity index (χ3v) is 3.59. The minimum atomic E-state index is -0.469. The molecular formula is C18H19N3O4S. The number of carbonyl (C=O) groups excluding carboxylic acids is 1. The maximum atomic E-state index is 12.2. The average molecular weight is 373 g/mol. The minimum Gasteiger partial charge on any atom is -0.491 e. The number of ether oxygens (including phenoxy) is 1. The second kappa shape index (κ2) is 8.39. The highest BCUT2D eigenvalue weighted by Gasteiger charge is 2.11. The lowest BCUT2D eigenvalue weighted by Gasteiger charge is -2.12. The Balaban J connectivity index is 1.99. The van der Waals surface area contributed by atoms with E-state index < -0.39 is 4.92 Å². The molecule has 8 heteroatoms. The number of rotatable bonds is 5. The Hall–Kier alpha value is -3.00. The van der Waals surface area contributed by atoms with E-state index in [1.165, 1.54) is 12.1 Å². The molecule has 26 heavy (non-hydrogen) atoms. The van der Waals surface area contributed by atoms with E-state index in [-0.39, 0.29) is 22.8 Å². The van der Waals surface area contributed by atoms with Crippen LogP contribution >= 0.6 is 12.2 Å². The second-order valence-corrected chi connectivity index (χ2v) is 6.26. The van der Waals surface area contributed by atoms with Crippen LogP contribution in [0, 0.1) is 17.0 Å². The fraction of sp³-hybridized carbons (Fsp3) is 0.222. The number of benzene rings is 2. The number of aryl methyl sites for hydroxylation is 1. The number of amides is 1. The third-order valence-electron chi connectivity index (χ3n) is 3.38. The van der Waals surface area contributed by atoms with E-state index in [1.54, 1.807) is 37.3 Å². The van der Waals surface area contributed by atoms with Crippen LogP contribution in [-0.4, -0.2) is 22.0 Å². The highest BCUT2D eigenvalue weighted by atomic mass is 32.1. The van der Waals surface area contributed by atoms with Gasteiger partial charge in [0.15, 0.2) is 5.11 Å². The summed E-state index contributed by atoms with van der Waals surface area (Å²) < 4.78 is 5.53. The number of nitro groups is 1. The molecular weight excluding hydrogens is 354 g/mol. The molecule has 0 aromatic heterocycles. The Kier molecular flexibility index (Phi) is 6.24. The number of non-ortho nitro benzene ring substituents is 1. The molecule has 136 valence electrons. The monoisotopic (exact) mass is 373 g/mol. The summed E-state index contributed by atoms with van der Waals surface area (Å²) in [5, 5.41) is 16.3. The second-order valence-electron chi connectivity index (χ2n) is 5.86. The van der Waals surface area contributed by atoms with E-state index >= 15 is 0 Å². The standard InChI is InChI=1S/C18H19N3O4S/c1-11(2)25-15-7-4-13(5-8-15)17(22)20-18(26)19-16-9-6-14(21(23)24)10-12(16)3/h4-11H,1-3H3,(H2,19,20,22,26). The summed E-state index contributed by atoms with van der Waals surface area (Å²) >= 11 is 5.14. The molecule has 2 aromatic rings. The number of thiocarbonyl (C=S) groups is 1. The van der Waals surface area contributed by atoms with E-state index in [0.29, 0.717) is 22.6 Å². The lowest BCUT2D eigenvalue weighted by molar-refractivity contribution is -0.384. The van der Waals surface area contributed by atoms with E-state index in [2.05, 4.69) is 10.6 Å². The van der Waals surface area contributed by atoms with Crippen LogP contribution in [0.15, 0.2) is 42.5 Å². The van der Waals surface area contributed by atoms with Crippen LogP contribution in [0.5, 0.6) is 5.75 Å². The molecule has 0 heterocycles. The van der Waals surface area contributed by atoms with Crippen LogP contribution in [0.2, 0.25) is 0 Å². The number of carbonyl (C=O) groups is 1. The van der Waals surface area contributed by atoms with Gasteiger partial charge in [-0.25, -0.2) is 0 Å². The Morgan fingerprint density at radius 3 is 2.38 bits per heavy atom. The highest BCUT2D eigenvalue weighted by molar-refractivity contribution is 7.80. The van der Waals surface area contributed by atoms with Gasteiger partial charge < -0.3 is 10.1 Å². The third kappa shape index (κ3) is 5.25. The molecule has 1 amide bonds. The van der Waals surface area contributed by atoms with Gasteiger partial charge in [-0.15, -0.1) is 0 Å². The summed E-state index contributed by atoms with van der Waals surface area (Å²) in [5.74, 6) is 0.317. The lowest BCUT2D eigenvalue weighted by atomic mass is 10.2. The number of nitro benzene ring substituents is 1. The van der Waals surface area contributed by atoms with Crippen LogP contribution in [0.3, 0.4) is 0 Å². The van der Waals surface area contributed by atoms with Crippen molar-refractivity contribution in [3.63, 3.8) is 0 Å². The van der Waals surface area contributed by atoms with Gasteiger partial charge in [-0.3, -0.25) is 20.2 Å². The molecule has 0 aliphatic carbocycles. The largest absolute Gasteiger partial charge is 0.491 e. The van der Waals surface area contributed by atoms with Crippen molar-refractivity contribution in [3.8, 4) is 5.75 Å². The number of hydrogen-bond acceptors (Lipinski definition) is 5. The van der Waals surface area contributed by atoms with Crippen molar-refractivity contribution < 1.29 is 14.5 Å². The summed E-state index contributed by atoms with van der Waals surface area (Å²) in [5.41, 5.74) is 1.66. The summed E-state index contributed by atoms with van der Waals surface area (Å²) in [6.07, 6.45) is 0.0522. The molecule has 0 fully saturated rings. The van der Waals surface area contributed by atoms with Gasteiger partial charge in [-0.2, -0.15) is 0 Å². The van der Waals surface area contributed by atoms with Gasteiger partial charge >= 0.3 is 0 Å². The zero-order valence-corrected chi connectivity index (χ0v) is 15.4. The molecule has 0 aliphatic heterocycles. The number of anilines is 1. The Bertz CT molecular complexity index is 835. The molecule has 0 spiro atoms. The van der Waals surface area contributed by atoms with Crippen molar-refractivity contribution in [2.45, 2.75) is 26.9 Å². The van der Waals surface area contributed by atoms with Crippen LogP contribution in [0.25, 0.3) is 0 Å². The Labute approximate surface area is 156 Å². The maximum absolute atomic E-state index is 12.2. The van der Waals surface area contributed by atoms with Gasteiger partial charge in [0, 0.05) is 23.4 Å². The van der Waals surface area contributed by atoms with Gasteiger partial charge in [-0.1, -0.05) is 0 Å². The molecule has 2 aromatic carbocycles. The fourth-order valence-electron chi connectivity index (χ4n) is 2.19. The summed E-state index contributed by atoms with van der Waals surface area (Å²) in [7, 11) is 0. The first kappa shape index (κ1) is 19.3. The molecule has 0 saturated heterocycles. The summed E-state index contributed by atoms with van der Waals surface area (Å²) in [6, 6.07) is 11.1. The van der Waals surface area contributed by atoms with Crippen molar-refractivity contribution in [1.82, 2.24) is 5.32 Å². The SMILES string of the molecule is Cc1cc([N+](=O)[O-])ccc1NC(=S)NC(=O)c1ccc(OC(C)C)cc1. The molecule has 0 aliphatic rings. The molecule has 0 unspecified atom stereocenters. The summed E-state index contributed by atoms with van der Waals surface area (Å²) in [6.45, 7) is 5.56. The predicted molar refractivity (Wildman–Crippen MR) is 104 cm³/mol. The first-order valence-corrected chi connectivity index (χ1v) is 8.31. The van der Waals surface area contributed by atoms with Gasteiger partial charge in [0.25, 0.3) is 11.6 Å². The van der Waals surface area contributed by atoms with E-state index in [1.807, 2.05) is 13.8 Å². The van der Waals surface area contributed by atoms with Gasteiger partial charge in [-0.05, 0) is 68.9 Å². The Morgan fingerprint density at radius 2 is 1.85 bits per heavy atom. The molecule has 0 atom stereocenters. The van der Waals surface area contributed by atoms with Crippen molar-refractivity contribution in [2.75, 3.05) is 5.32 Å². The Morgan fingerprint density at radius 1 is 1.19 bits per heavy atom. The first-order valence-electron chi connectivity index (χ1n) is 7.90. The van der Waals surface area contributed by atoms with E-state index in [9.17, 15) is 14.9 Å².